The van der Waals surface area contributed by atoms with E-state index in [-0.39, 0.29) is 5.60 Å². The van der Waals surface area contributed by atoms with E-state index in [0.29, 0.717) is 0 Å². The first-order chi connectivity index (χ1) is 6.12. The highest BCUT2D eigenvalue weighted by atomic mass is 16.5. The number of rotatable bonds is 0. The van der Waals surface area contributed by atoms with Gasteiger partial charge in [0.25, 0.3) is 0 Å². The number of hydrogen-bond acceptors (Lipinski definition) is 2. The van der Waals surface area contributed by atoms with E-state index in [1.807, 2.05) is 20.8 Å². The first-order valence-electron chi connectivity index (χ1n) is 5.48. The molecule has 0 radical (unpaired) electrons. The average molecular weight is 186 g/mol. The maximum absolute atomic E-state index is 9.80. The molecule has 2 heteroatoms. The molecular formula is C11H22O2. The Morgan fingerprint density at radius 1 is 1.15 bits per heavy atom. The van der Waals surface area contributed by atoms with Gasteiger partial charge in [-0.05, 0) is 32.6 Å². The Kier molecular flexibility index (Phi) is 3.36. The fraction of sp³-hybridized carbons (Fsp3) is 1.00. The van der Waals surface area contributed by atoms with Crippen molar-refractivity contribution in [2.24, 2.45) is 0 Å². The first-order valence-corrected chi connectivity index (χ1v) is 5.48. The minimum Gasteiger partial charge on any atom is -0.390 e. The van der Waals surface area contributed by atoms with E-state index in [1.165, 1.54) is 6.42 Å². The van der Waals surface area contributed by atoms with Gasteiger partial charge in [-0.2, -0.15) is 0 Å². The molecule has 2 aliphatic rings. The fourth-order valence-electron chi connectivity index (χ4n) is 2.21. The highest BCUT2D eigenvalue weighted by Crippen LogP contribution is 2.45. The van der Waals surface area contributed by atoms with Crippen LogP contribution in [0, 0.1) is 0 Å². The summed E-state index contributed by atoms with van der Waals surface area (Å²) in [7, 11) is 0. The van der Waals surface area contributed by atoms with Gasteiger partial charge in [-0.3, -0.25) is 0 Å². The van der Waals surface area contributed by atoms with Gasteiger partial charge in [-0.25, -0.2) is 0 Å². The summed E-state index contributed by atoms with van der Waals surface area (Å²) in [5, 5.41) is 9.80. The Morgan fingerprint density at radius 3 is 2.08 bits per heavy atom. The molecule has 1 aliphatic carbocycles. The van der Waals surface area contributed by atoms with Crippen molar-refractivity contribution in [3.63, 3.8) is 0 Å². The molecule has 1 atom stereocenters. The van der Waals surface area contributed by atoms with Gasteiger partial charge in [-0.15, -0.1) is 0 Å². The smallest absolute Gasteiger partial charge is 0.0709 e. The van der Waals surface area contributed by atoms with E-state index < -0.39 is 5.60 Å². The number of aliphatic hydroxyl groups is 1. The highest BCUT2D eigenvalue weighted by molar-refractivity contribution is 4.98. The molecule has 0 aromatic heterocycles. The first kappa shape index (κ1) is 11.0. The largest absolute Gasteiger partial charge is 0.390 e. The lowest BCUT2D eigenvalue weighted by Gasteiger charge is -2.49. The molecule has 0 aromatic rings. The summed E-state index contributed by atoms with van der Waals surface area (Å²) in [6, 6.07) is 0. The highest BCUT2D eigenvalue weighted by Gasteiger charge is 2.46. The second kappa shape index (κ2) is 3.97. The van der Waals surface area contributed by atoms with Crippen LogP contribution in [0.15, 0.2) is 0 Å². The van der Waals surface area contributed by atoms with Crippen LogP contribution in [-0.2, 0) is 4.74 Å². The third-order valence-corrected chi connectivity index (χ3v) is 3.02. The predicted octanol–water partition coefficient (Wildman–Crippen LogP) is 2.50. The molecule has 1 N–H and O–H groups in total. The summed E-state index contributed by atoms with van der Waals surface area (Å²) < 4.78 is 5.68. The zero-order chi connectivity index (χ0) is 9.95. The van der Waals surface area contributed by atoms with Crippen LogP contribution in [0.1, 0.15) is 52.9 Å². The van der Waals surface area contributed by atoms with E-state index in [4.69, 9.17) is 4.74 Å². The molecule has 2 nitrogen and oxygen atoms in total. The van der Waals surface area contributed by atoms with Crippen LogP contribution in [-0.4, -0.2) is 22.9 Å². The minimum absolute atomic E-state index is 0.0851. The Morgan fingerprint density at radius 2 is 1.77 bits per heavy atom. The van der Waals surface area contributed by atoms with Crippen molar-refractivity contribution in [1.82, 2.24) is 0 Å². The molecule has 0 amide bonds. The van der Waals surface area contributed by atoms with Crippen molar-refractivity contribution in [3.8, 4) is 0 Å². The quantitative estimate of drug-likeness (QED) is 0.630. The van der Waals surface area contributed by atoms with Crippen molar-refractivity contribution in [2.75, 3.05) is 6.61 Å². The summed E-state index contributed by atoms with van der Waals surface area (Å²) in [6.07, 6.45) is 5.23. The van der Waals surface area contributed by atoms with Gasteiger partial charge in [0.1, 0.15) is 0 Å². The molecule has 78 valence electrons. The van der Waals surface area contributed by atoms with Crippen LogP contribution in [0.25, 0.3) is 0 Å². The monoisotopic (exact) mass is 186 g/mol. The van der Waals surface area contributed by atoms with E-state index in [9.17, 15) is 5.11 Å². The molecule has 1 saturated carbocycles. The fourth-order valence-corrected chi connectivity index (χ4v) is 2.21. The molecule has 1 aliphatic heterocycles. The van der Waals surface area contributed by atoms with Crippen LogP contribution in [0.2, 0.25) is 0 Å². The van der Waals surface area contributed by atoms with Crippen LogP contribution in [0.4, 0.5) is 0 Å². The van der Waals surface area contributed by atoms with Crippen LogP contribution >= 0.6 is 0 Å². The summed E-state index contributed by atoms with van der Waals surface area (Å²) in [4.78, 5) is 0. The summed E-state index contributed by atoms with van der Waals surface area (Å²) >= 11 is 0. The van der Waals surface area contributed by atoms with Crippen LogP contribution < -0.4 is 0 Å². The predicted molar refractivity (Wildman–Crippen MR) is 53.7 cm³/mol. The molecule has 0 aromatic carbocycles. The molecule has 1 spiro atoms. The number of hydrogen-bond donors (Lipinski definition) is 1. The molecular weight excluding hydrogens is 164 g/mol. The standard InChI is InChI=1S/C9H16O2.C2H6/c1-8(10)5-6-11-9(7-8)3-2-4-9;1-2/h10H,2-7H2,1H3;1-2H3. The van der Waals surface area contributed by atoms with E-state index in [0.717, 1.165) is 32.3 Å². The number of ether oxygens (including phenoxy) is 1. The maximum atomic E-state index is 9.80. The van der Waals surface area contributed by atoms with Crippen molar-refractivity contribution < 1.29 is 9.84 Å². The second-order valence-corrected chi connectivity index (χ2v) is 4.31. The van der Waals surface area contributed by atoms with Gasteiger partial charge >= 0.3 is 0 Å². The SMILES string of the molecule is CC.CC1(O)CCOC2(CCC2)C1. The van der Waals surface area contributed by atoms with Gasteiger partial charge in [0, 0.05) is 6.42 Å². The summed E-state index contributed by atoms with van der Waals surface area (Å²) in [5.41, 5.74) is -0.375. The maximum Gasteiger partial charge on any atom is 0.0709 e. The Balaban J connectivity index is 0.000000396. The Labute approximate surface area is 81.3 Å². The third-order valence-electron chi connectivity index (χ3n) is 3.02. The Hall–Kier alpha value is -0.0800. The average Bonchev–Trinajstić information content (AvgIpc) is 2.04. The van der Waals surface area contributed by atoms with E-state index in [2.05, 4.69) is 0 Å². The molecule has 13 heavy (non-hydrogen) atoms. The summed E-state index contributed by atoms with van der Waals surface area (Å²) in [5.74, 6) is 0. The Bertz CT molecular complexity index is 159. The van der Waals surface area contributed by atoms with Crippen LogP contribution in [0.5, 0.6) is 0 Å². The molecule has 1 saturated heterocycles. The molecule has 2 rings (SSSR count). The van der Waals surface area contributed by atoms with E-state index in [1.54, 1.807) is 0 Å². The van der Waals surface area contributed by atoms with Crippen LogP contribution in [0.3, 0.4) is 0 Å². The normalized spacial score (nSPS) is 36.0. The minimum atomic E-state index is -0.460. The second-order valence-electron chi connectivity index (χ2n) is 4.31. The van der Waals surface area contributed by atoms with Crippen molar-refractivity contribution in [3.05, 3.63) is 0 Å². The third kappa shape index (κ3) is 2.44. The van der Waals surface area contributed by atoms with Crippen molar-refractivity contribution in [1.29, 1.82) is 0 Å². The summed E-state index contributed by atoms with van der Waals surface area (Å²) in [6.45, 7) is 6.67. The van der Waals surface area contributed by atoms with Gasteiger partial charge in [0.15, 0.2) is 0 Å². The zero-order valence-corrected chi connectivity index (χ0v) is 9.10. The molecule has 0 bridgehead atoms. The van der Waals surface area contributed by atoms with Gasteiger partial charge < -0.3 is 9.84 Å². The zero-order valence-electron chi connectivity index (χ0n) is 9.10. The lowest BCUT2D eigenvalue weighted by molar-refractivity contribution is -0.186. The lowest BCUT2D eigenvalue weighted by Crippen LogP contribution is -2.51. The van der Waals surface area contributed by atoms with Gasteiger partial charge in [-0.1, -0.05) is 13.8 Å². The molecule has 2 fully saturated rings. The van der Waals surface area contributed by atoms with Crippen molar-refractivity contribution >= 4 is 0 Å². The van der Waals surface area contributed by atoms with Gasteiger partial charge in [0.2, 0.25) is 0 Å². The lowest BCUT2D eigenvalue weighted by atomic mass is 9.71. The topological polar surface area (TPSA) is 29.5 Å². The van der Waals surface area contributed by atoms with Crippen molar-refractivity contribution in [2.45, 2.75) is 64.1 Å². The van der Waals surface area contributed by atoms with E-state index >= 15 is 0 Å². The molecule has 1 unspecified atom stereocenters. The van der Waals surface area contributed by atoms with Gasteiger partial charge in [0.05, 0.1) is 17.8 Å². The molecule has 1 heterocycles.